The molecule has 2 rings (SSSR count). The van der Waals surface area contributed by atoms with E-state index in [4.69, 9.17) is 4.74 Å². The van der Waals surface area contributed by atoms with Crippen LogP contribution < -0.4 is 15.0 Å². The third kappa shape index (κ3) is 2.14. The van der Waals surface area contributed by atoms with Crippen molar-refractivity contribution in [3.8, 4) is 5.75 Å². The maximum atomic E-state index is 5.34. The lowest BCUT2D eigenvalue weighted by Crippen LogP contribution is -2.43. The molecule has 0 spiro atoms. The second-order valence-corrected chi connectivity index (χ2v) is 4.35. The normalized spacial score (nSPS) is 16.3. The van der Waals surface area contributed by atoms with Crippen LogP contribution in [0.5, 0.6) is 5.75 Å². The largest absolute Gasteiger partial charge is 0.496 e. The summed E-state index contributed by atoms with van der Waals surface area (Å²) in [6.07, 6.45) is 0. The van der Waals surface area contributed by atoms with E-state index >= 15 is 0 Å². The van der Waals surface area contributed by atoms with Gasteiger partial charge in [-0.15, -0.1) is 0 Å². The van der Waals surface area contributed by atoms with E-state index in [2.05, 4.69) is 36.2 Å². The molecular weight excluding hydrogens is 200 g/mol. The summed E-state index contributed by atoms with van der Waals surface area (Å²) < 4.78 is 5.34. The van der Waals surface area contributed by atoms with Gasteiger partial charge in [0.2, 0.25) is 0 Å². The fraction of sp³-hybridized carbons (Fsp3) is 0.538. The highest BCUT2D eigenvalue weighted by Crippen LogP contribution is 2.28. The molecule has 16 heavy (non-hydrogen) atoms. The molecule has 1 saturated heterocycles. The van der Waals surface area contributed by atoms with Gasteiger partial charge in [0.15, 0.2) is 0 Å². The van der Waals surface area contributed by atoms with E-state index in [0.717, 1.165) is 31.9 Å². The van der Waals surface area contributed by atoms with Crippen LogP contribution in [0.15, 0.2) is 12.1 Å². The number of aryl methyl sites for hydroxylation is 2. The predicted octanol–water partition coefficient (Wildman–Crippen LogP) is 1.72. The molecule has 3 heteroatoms. The Morgan fingerprint density at radius 3 is 2.44 bits per heavy atom. The first-order chi connectivity index (χ1) is 7.72. The van der Waals surface area contributed by atoms with Crippen LogP contribution in [-0.2, 0) is 0 Å². The van der Waals surface area contributed by atoms with Gasteiger partial charge in [-0.25, -0.2) is 0 Å². The average molecular weight is 220 g/mol. The average Bonchev–Trinajstić information content (AvgIpc) is 2.32. The second-order valence-electron chi connectivity index (χ2n) is 4.35. The molecule has 0 unspecified atom stereocenters. The first-order valence-corrected chi connectivity index (χ1v) is 5.83. The zero-order valence-corrected chi connectivity index (χ0v) is 10.3. The predicted molar refractivity (Wildman–Crippen MR) is 67.6 cm³/mol. The third-order valence-corrected chi connectivity index (χ3v) is 3.17. The van der Waals surface area contributed by atoms with Crippen molar-refractivity contribution in [3.63, 3.8) is 0 Å². The molecular formula is C13H20N2O. The number of methoxy groups -OCH3 is 1. The van der Waals surface area contributed by atoms with Crippen LogP contribution in [0.3, 0.4) is 0 Å². The van der Waals surface area contributed by atoms with Gasteiger partial charge in [-0.1, -0.05) is 0 Å². The highest BCUT2D eigenvalue weighted by Gasteiger charge is 2.14. The number of piperazine rings is 1. The minimum Gasteiger partial charge on any atom is -0.496 e. The van der Waals surface area contributed by atoms with Gasteiger partial charge in [0.05, 0.1) is 7.11 Å². The molecule has 0 bridgehead atoms. The molecule has 1 aromatic rings. The van der Waals surface area contributed by atoms with Crippen LogP contribution in [0, 0.1) is 13.8 Å². The van der Waals surface area contributed by atoms with Gasteiger partial charge in [0.25, 0.3) is 0 Å². The number of hydrogen-bond donors (Lipinski definition) is 1. The molecule has 3 nitrogen and oxygen atoms in total. The lowest BCUT2D eigenvalue weighted by molar-refractivity contribution is 0.411. The Morgan fingerprint density at radius 1 is 1.12 bits per heavy atom. The smallest absolute Gasteiger partial charge is 0.122 e. The van der Waals surface area contributed by atoms with E-state index in [-0.39, 0.29) is 0 Å². The Kier molecular flexibility index (Phi) is 3.34. The summed E-state index contributed by atoms with van der Waals surface area (Å²) in [6, 6.07) is 4.37. The number of benzene rings is 1. The Morgan fingerprint density at radius 2 is 1.81 bits per heavy atom. The Labute approximate surface area is 97.4 Å². The molecule has 1 heterocycles. The summed E-state index contributed by atoms with van der Waals surface area (Å²) in [5.74, 6) is 0.983. The third-order valence-electron chi connectivity index (χ3n) is 3.17. The topological polar surface area (TPSA) is 24.5 Å². The zero-order chi connectivity index (χ0) is 11.5. The van der Waals surface area contributed by atoms with Gasteiger partial charge >= 0.3 is 0 Å². The maximum Gasteiger partial charge on any atom is 0.122 e. The highest BCUT2D eigenvalue weighted by molar-refractivity contribution is 5.59. The second kappa shape index (κ2) is 4.74. The van der Waals surface area contributed by atoms with Gasteiger partial charge in [-0.05, 0) is 37.1 Å². The molecule has 0 atom stereocenters. The van der Waals surface area contributed by atoms with Crippen molar-refractivity contribution in [1.82, 2.24) is 5.32 Å². The van der Waals surface area contributed by atoms with Crippen molar-refractivity contribution >= 4 is 5.69 Å². The summed E-state index contributed by atoms with van der Waals surface area (Å²) in [4.78, 5) is 2.44. The fourth-order valence-corrected chi connectivity index (χ4v) is 2.24. The van der Waals surface area contributed by atoms with Gasteiger partial charge < -0.3 is 15.0 Å². The van der Waals surface area contributed by atoms with Crippen molar-refractivity contribution < 1.29 is 4.74 Å². The van der Waals surface area contributed by atoms with Crippen molar-refractivity contribution in [2.45, 2.75) is 13.8 Å². The van der Waals surface area contributed by atoms with E-state index < -0.39 is 0 Å². The quantitative estimate of drug-likeness (QED) is 0.821. The number of rotatable bonds is 2. The minimum atomic E-state index is 0.983. The molecule has 0 saturated carbocycles. The van der Waals surface area contributed by atoms with Gasteiger partial charge in [-0.3, -0.25) is 0 Å². The lowest BCUT2D eigenvalue weighted by Gasteiger charge is -2.31. The summed E-state index contributed by atoms with van der Waals surface area (Å²) in [7, 11) is 1.73. The van der Waals surface area contributed by atoms with Crippen molar-refractivity contribution in [2.24, 2.45) is 0 Å². The number of hydrogen-bond acceptors (Lipinski definition) is 3. The molecule has 0 aliphatic carbocycles. The summed E-state index contributed by atoms with van der Waals surface area (Å²) >= 11 is 0. The number of ether oxygens (including phenoxy) is 1. The van der Waals surface area contributed by atoms with Gasteiger partial charge in [0.1, 0.15) is 5.75 Å². The van der Waals surface area contributed by atoms with Crippen molar-refractivity contribution in [1.29, 1.82) is 0 Å². The molecule has 0 amide bonds. The van der Waals surface area contributed by atoms with E-state index in [1.54, 1.807) is 7.11 Å². The van der Waals surface area contributed by atoms with E-state index in [9.17, 15) is 0 Å². The van der Waals surface area contributed by atoms with Crippen molar-refractivity contribution in [3.05, 3.63) is 23.3 Å². The standard InChI is InChI=1S/C13H20N2O/c1-10-9-13(16-3)11(2)8-12(10)15-6-4-14-5-7-15/h8-9,14H,4-7H2,1-3H3. The zero-order valence-electron chi connectivity index (χ0n) is 10.3. The van der Waals surface area contributed by atoms with Crippen LogP contribution in [-0.4, -0.2) is 33.3 Å². The fourth-order valence-electron chi connectivity index (χ4n) is 2.24. The minimum absolute atomic E-state index is 0.983. The van der Waals surface area contributed by atoms with Crippen LogP contribution in [0.25, 0.3) is 0 Å². The monoisotopic (exact) mass is 220 g/mol. The summed E-state index contributed by atoms with van der Waals surface area (Å²) in [5, 5.41) is 3.37. The van der Waals surface area contributed by atoms with Crippen LogP contribution in [0.1, 0.15) is 11.1 Å². The highest BCUT2D eigenvalue weighted by atomic mass is 16.5. The molecule has 0 radical (unpaired) electrons. The summed E-state index contributed by atoms with van der Waals surface area (Å²) in [5.41, 5.74) is 3.85. The van der Waals surface area contributed by atoms with Crippen molar-refractivity contribution in [2.75, 3.05) is 38.2 Å². The van der Waals surface area contributed by atoms with Gasteiger partial charge in [-0.2, -0.15) is 0 Å². The molecule has 1 N–H and O–H groups in total. The van der Waals surface area contributed by atoms with E-state index in [0.29, 0.717) is 0 Å². The molecule has 1 aromatic carbocycles. The first-order valence-electron chi connectivity index (χ1n) is 5.83. The van der Waals surface area contributed by atoms with Gasteiger partial charge in [0, 0.05) is 31.9 Å². The SMILES string of the molecule is COc1cc(C)c(N2CCNCC2)cc1C. The number of nitrogens with one attached hydrogen (secondary N) is 1. The maximum absolute atomic E-state index is 5.34. The molecule has 88 valence electrons. The van der Waals surface area contributed by atoms with Crippen LogP contribution in [0.2, 0.25) is 0 Å². The van der Waals surface area contributed by atoms with E-state index in [1.807, 2.05) is 0 Å². The molecule has 1 aliphatic heterocycles. The molecule has 1 aliphatic rings. The first kappa shape index (κ1) is 11.3. The molecule has 0 aromatic heterocycles. The Balaban J connectivity index is 2.29. The number of nitrogens with zero attached hydrogens (tertiary/aromatic N) is 1. The Bertz CT molecular complexity index is 370. The Hall–Kier alpha value is -1.22. The lowest BCUT2D eigenvalue weighted by atomic mass is 10.1. The molecule has 1 fully saturated rings. The summed E-state index contributed by atoms with van der Waals surface area (Å²) in [6.45, 7) is 8.58. The van der Waals surface area contributed by atoms with Crippen LogP contribution in [0.4, 0.5) is 5.69 Å². The van der Waals surface area contributed by atoms with Crippen LogP contribution >= 0.6 is 0 Å². The number of anilines is 1. The van der Waals surface area contributed by atoms with E-state index in [1.165, 1.54) is 16.8 Å².